The number of amides is 1. The Kier molecular flexibility index (Phi) is 5.38. The summed E-state index contributed by atoms with van der Waals surface area (Å²) in [5, 5.41) is 11.6. The second-order valence-corrected chi connectivity index (χ2v) is 5.12. The third kappa shape index (κ3) is 3.63. The van der Waals surface area contributed by atoms with E-state index in [1.54, 1.807) is 25.1 Å². The second-order valence-electron chi connectivity index (χ2n) is 5.12. The van der Waals surface area contributed by atoms with Crippen LogP contribution in [0.15, 0.2) is 36.4 Å². The van der Waals surface area contributed by atoms with Gasteiger partial charge in [-0.1, -0.05) is 6.07 Å². The second kappa shape index (κ2) is 7.47. The Morgan fingerprint density at radius 1 is 1.21 bits per heavy atom. The van der Waals surface area contributed by atoms with Crippen molar-refractivity contribution >= 4 is 5.91 Å². The number of nitrogens with one attached hydrogen (secondary N) is 1. The molecule has 5 nitrogen and oxygen atoms in total. The van der Waals surface area contributed by atoms with E-state index in [2.05, 4.69) is 5.32 Å². The Morgan fingerprint density at radius 3 is 2.50 bits per heavy atom. The number of carbonyl (C=O) groups excluding carboxylic acids is 1. The quantitative estimate of drug-likeness (QED) is 0.915. The third-order valence-corrected chi connectivity index (χ3v) is 3.57. The summed E-state index contributed by atoms with van der Waals surface area (Å²) in [6.07, 6.45) is 0. The molecule has 124 valence electrons. The molecular weight excluding hydrogens is 311 g/mol. The molecule has 0 radical (unpaired) electrons. The monoisotopic (exact) mass is 328 g/mol. The van der Waals surface area contributed by atoms with Gasteiger partial charge < -0.3 is 14.8 Å². The number of benzene rings is 2. The first-order valence-corrected chi connectivity index (χ1v) is 7.22. The molecule has 0 unspecified atom stereocenters. The summed E-state index contributed by atoms with van der Waals surface area (Å²) in [4.78, 5) is 12.3. The van der Waals surface area contributed by atoms with Crippen molar-refractivity contribution < 1.29 is 18.7 Å². The van der Waals surface area contributed by atoms with Crippen LogP contribution in [0.25, 0.3) is 0 Å². The first-order chi connectivity index (χ1) is 11.5. The standard InChI is InChI=1S/C18H17FN2O3/c1-11(14-8-16(23-2)17(24-3)9-15(14)19)21-18(22)13-6-4-5-12(7-13)10-20/h4-9,11H,1-3H3,(H,21,22)/t11-/m0/s1. The van der Waals surface area contributed by atoms with Gasteiger partial charge in [0.1, 0.15) is 5.82 Å². The summed E-state index contributed by atoms with van der Waals surface area (Å²) in [7, 11) is 2.88. The SMILES string of the molecule is COc1cc(F)c([C@H](C)NC(=O)c2cccc(C#N)c2)cc1OC. The van der Waals surface area contributed by atoms with E-state index in [4.69, 9.17) is 14.7 Å². The number of halogens is 1. The van der Waals surface area contributed by atoms with Crippen LogP contribution in [-0.2, 0) is 0 Å². The fraction of sp³-hybridized carbons (Fsp3) is 0.222. The van der Waals surface area contributed by atoms with Gasteiger partial charge in [0, 0.05) is 17.2 Å². The molecule has 2 aromatic rings. The molecule has 2 aromatic carbocycles. The number of nitriles is 1. The normalized spacial score (nSPS) is 11.3. The molecule has 1 atom stereocenters. The van der Waals surface area contributed by atoms with E-state index in [0.717, 1.165) is 0 Å². The Morgan fingerprint density at radius 2 is 1.88 bits per heavy atom. The van der Waals surface area contributed by atoms with Gasteiger partial charge in [0.05, 0.1) is 31.9 Å². The molecule has 0 aromatic heterocycles. The highest BCUT2D eigenvalue weighted by atomic mass is 19.1. The van der Waals surface area contributed by atoms with Crippen molar-refractivity contribution in [3.8, 4) is 17.6 Å². The van der Waals surface area contributed by atoms with Gasteiger partial charge in [-0.3, -0.25) is 4.79 Å². The highest BCUT2D eigenvalue weighted by Gasteiger charge is 2.18. The van der Waals surface area contributed by atoms with Crippen molar-refractivity contribution in [1.29, 1.82) is 5.26 Å². The van der Waals surface area contributed by atoms with Crippen LogP contribution in [0.4, 0.5) is 4.39 Å². The number of carbonyl (C=O) groups is 1. The van der Waals surface area contributed by atoms with Crippen LogP contribution >= 0.6 is 0 Å². The van der Waals surface area contributed by atoms with E-state index >= 15 is 0 Å². The molecule has 0 spiro atoms. The average Bonchev–Trinajstić information content (AvgIpc) is 2.61. The fourth-order valence-electron chi connectivity index (χ4n) is 2.29. The molecular formula is C18H17FN2O3. The highest BCUT2D eigenvalue weighted by Crippen LogP contribution is 2.32. The zero-order chi connectivity index (χ0) is 17.7. The number of methoxy groups -OCH3 is 2. The molecule has 0 aliphatic rings. The molecule has 0 saturated heterocycles. The average molecular weight is 328 g/mol. The van der Waals surface area contributed by atoms with E-state index in [1.165, 1.54) is 32.4 Å². The number of rotatable bonds is 5. The van der Waals surface area contributed by atoms with E-state index < -0.39 is 17.8 Å². The molecule has 0 saturated carbocycles. The maximum absolute atomic E-state index is 14.2. The fourth-order valence-corrected chi connectivity index (χ4v) is 2.29. The first kappa shape index (κ1) is 17.3. The minimum Gasteiger partial charge on any atom is -0.493 e. The van der Waals surface area contributed by atoms with E-state index in [9.17, 15) is 9.18 Å². The minimum absolute atomic E-state index is 0.275. The number of hydrogen-bond donors (Lipinski definition) is 1. The van der Waals surface area contributed by atoms with Crippen molar-refractivity contribution in [1.82, 2.24) is 5.32 Å². The van der Waals surface area contributed by atoms with Crippen LogP contribution in [0.1, 0.15) is 34.5 Å². The Labute approximate surface area is 139 Å². The van der Waals surface area contributed by atoms with Gasteiger partial charge in [-0.25, -0.2) is 4.39 Å². The molecule has 0 aliphatic carbocycles. The third-order valence-electron chi connectivity index (χ3n) is 3.57. The van der Waals surface area contributed by atoms with Gasteiger partial charge in [0.15, 0.2) is 11.5 Å². The largest absolute Gasteiger partial charge is 0.493 e. The summed E-state index contributed by atoms with van der Waals surface area (Å²) in [6, 6.07) is 10.4. The Hall–Kier alpha value is -3.07. The van der Waals surface area contributed by atoms with Crippen LogP contribution in [0.3, 0.4) is 0 Å². The maximum Gasteiger partial charge on any atom is 0.251 e. The smallest absolute Gasteiger partial charge is 0.251 e. The molecule has 24 heavy (non-hydrogen) atoms. The zero-order valence-corrected chi connectivity index (χ0v) is 13.6. The Balaban J connectivity index is 2.24. The van der Waals surface area contributed by atoms with Gasteiger partial charge in [0.2, 0.25) is 0 Å². The van der Waals surface area contributed by atoms with E-state index in [-0.39, 0.29) is 11.3 Å². The highest BCUT2D eigenvalue weighted by molar-refractivity contribution is 5.94. The zero-order valence-electron chi connectivity index (χ0n) is 13.6. The van der Waals surface area contributed by atoms with Gasteiger partial charge in [-0.15, -0.1) is 0 Å². The number of hydrogen-bond acceptors (Lipinski definition) is 4. The van der Waals surface area contributed by atoms with Crippen LogP contribution in [0.2, 0.25) is 0 Å². The predicted molar refractivity (Wildman–Crippen MR) is 86.5 cm³/mol. The van der Waals surface area contributed by atoms with Gasteiger partial charge >= 0.3 is 0 Å². The van der Waals surface area contributed by atoms with Gasteiger partial charge in [-0.2, -0.15) is 5.26 Å². The van der Waals surface area contributed by atoms with Crippen LogP contribution in [0, 0.1) is 17.1 Å². The topological polar surface area (TPSA) is 71.3 Å². The summed E-state index contributed by atoms with van der Waals surface area (Å²) in [5.41, 5.74) is 0.992. The molecule has 0 fully saturated rings. The maximum atomic E-state index is 14.2. The molecule has 2 rings (SSSR count). The Bertz CT molecular complexity index is 799. The predicted octanol–water partition coefficient (Wildman–Crippen LogP) is 3.21. The number of nitrogens with zero attached hydrogens (tertiary/aromatic N) is 1. The van der Waals surface area contributed by atoms with Crippen molar-refractivity contribution in [3.05, 3.63) is 58.9 Å². The number of ether oxygens (including phenoxy) is 2. The molecule has 6 heteroatoms. The summed E-state index contributed by atoms with van der Waals surface area (Å²) >= 11 is 0. The van der Waals surface area contributed by atoms with Crippen molar-refractivity contribution in [2.45, 2.75) is 13.0 Å². The van der Waals surface area contributed by atoms with Gasteiger partial charge in [0.25, 0.3) is 5.91 Å². The van der Waals surface area contributed by atoms with E-state index in [1.807, 2.05) is 6.07 Å². The summed E-state index contributed by atoms with van der Waals surface area (Å²) in [6.45, 7) is 1.66. The molecule has 0 heterocycles. The first-order valence-electron chi connectivity index (χ1n) is 7.22. The van der Waals surface area contributed by atoms with Crippen LogP contribution < -0.4 is 14.8 Å². The molecule has 1 N–H and O–H groups in total. The lowest BCUT2D eigenvalue weighted by Crippen LogP contribution is -2.27. The van der Waals surface area contributed by atoms with Crippen molar-refractivity contribution in [2.24, 2.45) is 0 Å². The summed E-state index contributed by atoms with van der Waals surface area (Å²) in [5.74, 6) is -0.250. The van der Waals surface area contributed by atoms with Crippen molar-refractivity contribution in [3.63, 3.8) is 0 Å². The van der Waals surface area contributed by atoms with Gasteiger partial charge in [-0.05, 0) is 31.2 Å². The van der Waals surface area contributed by atoms with E-state index in [0.29, 0.717) is 16.9 Å². The van der Waals surface area contributed by atoms with Crippen LogP contribution in [0.5, 0.6) is 11.5 Å². The lowest BCUT2D eigenvalue weighted by Gasteiger charge is -2.17. The van der Waals surface area contributed by atoms with Crippen LogP contribution in [-0.4, -0.2) is 20.1 Å². The molecule has 1 amide bonds. The lowest BCUT2D eigenvalue weighted by atomic mass is 10.1. The lowest BCUT2D eigenvalue weighted by molar-refractivity contribution is 0.0939. The minimum atomic E-state index is -0.594. The molecule has 0 aliphatic heterocycles. The summed E-state index contributed by atoms with van der Waals surface area (Å²) < 4.78 is 24.5. The molecule has 0 bridgehead atoms. The van der Waals surface area contributed by atoms with Crippen molar-refractivity contribution in [2.75, 3.05) is 14.2 Å².